The fourth-order valence-electron chi connectivity index (χ4n) is 2.57. The third-order valence-electron chi connectivity index (χ3n) is 3.89. The van der Waals surface area contributed by atoms with Crippen LogP contribution in [0.2, 0.25) is 0 Å². The van der Waals surface area contributed by atoms with Crippen LogP contribution in [-0.2, 0) is 6.54 Å². The predicted molar refractivity (Wildman–Crippen MR) is 104 cm³/mol. The summed E-state index contributed by atoms with van der Waals surface area (Å²) in [6.07, 6.45) is 11.4. The van der Waals surface area contributed by atoms with Gasteiger partial charge in [-0.15, -0.1) is 5.92 Å². The van der Waals surface area contributed by atoms with Gasteiger partial charge in [-0.25, -0.2) is 0 Å². The van der Waals surface area contributed by atoms with Crippen molar-refractivity contribution < 1.29 is 5.11 Å². The Hall–Kier alpha value is -1.82. The van der Waals surface area contributed by atoms with Gasteiger partial charge in [-0.05, 0) is 37.8 Å². The Bertz CT molecular complexity index is 536. The molecule has 1 unspecified atom stereocenters. The van der Waals surface area contributed by atoms with Crippen molar-refractivity contribution in [3.8, 4) is 11.8 Å². The molecule has 1 aromatic rings. The number of hydrogen-bond donors (Lipinski definition) is 1. The zero-order valence-corrected chi connectivity index (χ0v) is 15.1. The smallest absolute Gasteiger partial charge is 0.0471 e. The van der Waals surface area contributed by atoms with Crippen molar-refractivity contribution in [2.45, 2.75) is 39.7 Å². The molecule has 0 spiro atoms. The summed E-state index contributed by atoms with van der Waals surface area (Å²) in [6.45, 7) is 7.51. The van der Waals surface area contributed by atoms with E-state index in [4.69, 9.17) is 5.11 Å². The van der Waals surface area contributed by atoms with Crippen molar-refractivity contribution in [3.05, 3.63) is 60.2 Å². The third-order valence-corrected chi connectivity index (χ3v) is 3.89. The lowest BCUT2D eigenvalue weighted by molar-refractivity contribution is 0.220. The van der Waals surface area contributed by atoms with Gasteiger partial charge < -0.3 is 5.11 Å². The van der Waals surface area contributed by atoms with Crippen LogP contribution in [0.1, 0.15) is 38.7 Å². The van der Waals surface area contributed by atoms with Gasteiger partial charge in [0.25, 0.3) is 0 Å². The van der Waals surface area contributed by atoms with Crippen molar-refractivity contribution in [2.24, 2.45) is 5.92 Å². The normalized spacial score (nSPS) is 17.5. The van der Waals surface area contributed by atoms with Gasteiger partial charge in [0.1, 0.15) is 0 Å². The maximum atomic E-state index is 9.02. The second-order valence-electron chi connectivity index (χ2n) is 5.95. The van der Waals surface area contributed by atoms with Crippen molar-refractivity contribution in [2.75, 3.05) is 19.7 Å². The highest BCUT2D eigenvalue weighted by Crippen LogP contribution is 2.17. The third kappa shape index (κ3) is 9.35. The van der Waals surface area contributed by atoms with Gasteiger partial charge in [0.2, 0.25) is 0 Å². The minimum absolute atomic E-state index is 0.339. The van der Waals surface area contributed by atoms with Crippen molar-refractivity contribution in [1.29, 1.82) is 0 Å². The van der Waals surface area contributed by atoms with Crippen LogP contribution in [0, 0.1) is 17.8 Å². The molecule has 2 heteroatoms. The van der Waals surface area contributed by atoms with Crippen LogP contribution in [0.25, 0.3) is 0 Å². The molecule has 1 N–H and O–H groups in total. The Kier molecular flexibility index (Phi) is 11.5. The van der Waals surface area contributed by atoms with Crippen LogP contribution >= 0.6 is 0 Å². The van der Waals surface area contributed by atoms with Crippen molar-refractivity contribution >= 4 is 0 Å². The molecular formula is C22H31NO. The molecule has 0 aliphatic carbocycles. The molecule has 0 aromatic heterocycles. The fraction of sp³-hybridized carbons (Fsp3) is 0.455. The second kappa shape index (κ2) is 13.6. The quantitative estimate of drug-likeness (QED) is 0.618. The van der Waals surface area contributed by atoms with E-state index in [0.717, 1.165) is 38.9 Å². The fourth-order valence-corrected chi connectivity index (χ4v) is 2.57. The molecule has 1 heterocycles. The van der Waals surface area contributed by atoms with E-state index in [9.17, 15) is 0 Å². The summed E-state index contributed by atoms with van der Waals surface area (Å²) in [7, 11) is 0. The van der Waals surface area contributed by atoms with Crippen LogP contribution in [0.5, 0.6) is 0 Å². The Balaban J connectivity index is 0.000000257. The Morgan fingerprint density at radius 3 is 2.58 bits per heavy atom. The minimum atomic E-state index is 0.339. The van der Waals surface area contributed by atoms with Crippen molar-refractivity contribution in [1.82, 2.24) is 4.90 Å². The SMILES string of the molecule is CC#CC/C=C\C=C/CC.OCC1CCN(Cc2ccccc2)C1. The Labute approximate surface area is 147 Å². The summed E-state index contributed by atoms with van der Waals surface area (Å²) in [4.78, 5) is 2.41. The lowest BCUT2D eigenvalue weighted by Crippen LogP contribution is -2.20. The van der Waals surface area contributed by atoms with Gasteiger partial charge in [0.15, 0.2) is 0 Å². The van der Waals surface area contributed by atoms with Gasteiger partial charge >= 0.3 is 0 Å². The summed E-state index contributed by atoms with van der Waals surface area (Å²) in [5.41, 5.74) is 1.37. The minimum Gasteiger partial charge on any atom is -0.396 e. The van der Waals surface area contributed by atoms with Crippen LogP contribution in [0.4, 0.5) is 0 Å². The number of nitrogens with zero attached hydrogens (tertiary/aromatic N) is 1. The highest BCUT2D eigenvalue weighted by Gasteiger charge is 2.21. The predicted octanol–water partition coefficient (Wildman–Crippen LogP) is 4.42. The molecule has 0 bridgehead atoms. The Morgan fingerprint density at radius 1 is 1.21 bits per heavy atom. The topological polar surface area (TPSA) is 23.5 Å². The molecule has 1 aliphatic heterocycles. The molecule has 1 aromatic carbocycles. The van der Waals surface area contributed by atoms with E-state index in [1.807, 2.05) is 19.1 Å². The van der Waals surface area contributed by atoms with Gasteiger partial charge in [-0.2, -0.15) is 0 Å². The standard InChI is InChI=1S/C12H17NO.C10H14/c14-10-12-6-7-13(9-12)8-11-4-2-1-3-5-11;1-3-5-7-9-10-8-6-4-2/h1-5,12,14H,6-10H2;5,7,9-10H,3,8H2,1-2H3/b;7-5-,10-9-. The molecule has 1 fully saturated rings. The maximum Gasteiger partial charge on any atom is 0.0471 e. The van der Waals surface area contributed by atoms with E-state index in [2.05, 4.69) is 66.2 Å². The first kappa shape index (κ1) is 20.2. The molecular weight excluding hydrogens is 294 g/mol. The number of rotatable bonds is 6. The second-order valence-corrected chi connectivity index (χ2v) is 5.95. The van der Waals surface area contributed by atoms with Crippen LogP contribution in [-0.4, -0.2) is 29.7 Å². The number of benzene rings is 1. The van der Waals surface area contributed by atoms with Crippen LogP contribution < -0.4 is 0 Å². The molecule has 24 heavy (non-hydrogen) atoms. The lowest BCUT2D eigenvalue weighted by Gasteiger charge is -2.15. The molecule has 130 valence electrons. The first-order chi connectivity index (χ1) is 11.8. The zero-order chi connectivity index (χ0) is 17.5. The van der Waals surface area contributed by atoms with E-state index in [1.165, 1.54) is 5.56 Å². The molecule has 1 atom stereocenters. The highest BCUT2D eigenvalue weighted by molar-refractivity contribution is 5.14. The van der Waals surface area contributed by atoms with E-state index >= 15 is 0 Å². The van der Waals surface area contributed by atoms with Crippen LogP contribution in [0.15, 0.2) is 54.6 Å². The number of allylic oxidation sites excluding steroid dienone is 4. The van der Waals surface area contributed by atoms with Crippen LogP contribution in [0.3, 0.4) is 0 Å². The van der Waals surface area contributed by atoms with Gasteiger partial charge in [0, 0.05) is 26.1 Å². The maximum absolute atomic E-state index is 9.02. The van der Waals surface area contributed by atoms with E-state index < -0.39 is 0 Å². The van der Waals surface area contributed by atoms with Crippen molar-refractivity contribution in [3.63, 3.8) is 0 Å². The summed E-state index contributed by atoms with van der Waals surface area (Å²) in [6, 6.07) is 10.5. The van der Waals surface area contributed by atoms with E-state index in [-0.39, 0.29) is 0 Å². The number of hydrogen-bond acceptors (Lipinski definition) is 2. The van der Waals surface area contributed by atoms with Gasteiger partial charge in [-0.1, -0.05) is 67.5 Å². The van der Waals surface area contributed by atoms with Gasteiger partial charge in [0.05, 0.1) is 0 Å². The molecule has 2 rings (SSSR count). The zero-order valence-electron chi connectivity index (χ0n) is 15.1. The monoisotopic (exact) mass is 325 g/mol. The average Bonchev–Trinajstić information content (AvgIpc) is 3.07. The molecule has 1 aliphatic rings. The van der Waals surface area contributed by atoms with E-state index in [0.29, 0.717) is 12.5 Å². The summed E-state index contributed by atoms with van der Waals surface area (Å²) < 4.78 is 0. The highest BCUT2D eigenvalue weighted by atomic mass is 16.3. The summed E-state index contributed by atoms with van der Waals surface area (Å²) in [5, 5.41) is 9.02. The largest absolute Gasteiger partial charge is 0.396 e. The molecule has 1 saturated heterocycles. The summed E-state index contributed by atoms with van der Waals surface area (Å²) in [5.74, 6) is 6.29. The van der Waals surface area contributed by atoms with E-state index in [1.54, 1.807) is 0 Å². The summed E-state index contributed by atoms with van der Waals surface area (Å²) >= 11 is 0. The number of likely N-dealkylation sites (tertiary alicyclic amines) is 1. The Morgan fingerprint density at radius 2 is 1.96 bits per heavy atom. The first-order valence-electron chi connectivity index (χ1n) is 8.88. The molecule has 0 radical (unpaired) electrons. The van der Waals surface area contributed by atoms with Gasteiger partial charge in [-0.3, -0.25) is 4.90 Å². The average molecular weight is 325 g/mol. The number of aliphatic hydroxyl groups is 1. The molecule has 0 amide bonds. The molecule has 0 saturated carbocycles. The lowest BCUT2D eigenvalue weighted by atomic mass is 10.1. The first-order valence-corrected chi connectivity index (χ1v) is 8.88. The molecule has 2 nitrogen and oxygen atoms in total. The number of aliphatic hydroxyl groups excluding tert-OH is 1.